The normalized spacial score (nSPS) is 14.8. The van der Waals surface area contributed by atoms with Gasteiger partial charge in [0.05, 0.1) is 0 Å². The van der Waals surface area contributed by atoms with Gasteiger partial charge in [0.25, 0.3) is 11.8 Å². The third kappa shape index (κ3) is 5.54. The molecule has 1 aliphatic heterocycles. The molecule has 1 saturated heterocycles. The molecule has 1 aliphatic rings. The number of likely N-dealkylation sites (tertiary alicyclic amines) is 1. The largest absolute Gasteiger partial charge is 0.348 e. The molecule has 0 bridgehead atoms. The Kier molecular flexibility index (Phi) is 6.87. The third-order valence-electron chi connectivity index (χ3n) is 5.31. The topological polar surface area (TPSA) is 74.3 Å². The van der Waals surface area contributed by atoms with Crippen LogP contribution >= 0.6 is 11.3 Å². The first-order chi connectivity index (χ1) is 15.5. The molecule has 2 N–H and O–H groups in total. The van der Waals surface area contributed by atoms with Gasteiger partial charge in [0.15, 0.2) is 16.8 Å². The molecule has 2 amide bonds. The molecule has 9 heteroatoms. The van der Waals surface area contributed by atoms with Crippen molar-refractivity contribution in [3.05, 3.63) is 82.4 Å². The van der Waals surface area contributed by atoms with Crippen molar-refractivity contribution in [2.45, 2.75) is 25.4 Å². The highest BCUT2D eigenvalue weighted by atomic mass is 32.1. The van der Waals surface area contributed by atoms with Crippen molar-refractivity contribution in [2.75, 3.05) is 18.4 Å². The summed E-state index contributed by atoms with van der Waals surface area (Å²) < 4.78 is 26.3. The fourth-order valence-electron chi connectivity index (χ4n) is 3.58. The Morgan fingerprint density at radius 1 is 1.03 bits per heavy atom. The second-order valence-electron chi connectivity index (χ2n) is 7.63. The van der Waals surface area contributed by atoms with Crippen LogP contribution in [0.25, 0.3) is 0 Å². The van der Waals surface area contributed by atoms with E-state index in [9.17, 15) is 18.4 Å². The Morgan fingerprint density at radius 2 is 1.78 bits per heavy atom. The van der Waals surface area contributed by atoms with Crippen molar-refractivity contribution < 1.29 is 18.4 Å². The average Bonchev–Trinajstić information content (AvgIpc) is 3.26. The zero-order valence-electron chi connectivity index (χ0n) is 17.2. The summed E-state index contributed by atoms with van der Waals surface area (Å²) in [6.45, 7) is 2.69. The monoisotopic (exact) mass is 456 g/mol. The molecule has 2 heterocycles. The quantitative estimate of drug-likeness (QED) is 0.587. The van der Waals surface area contributed by atoms with Gasteiger partial charge in [-0.05, 0) is 36.6 Å². The predicted molar refractivity (Wildman–Crippen MR) is 119 cm³/mol. The first kappa shape index (κ1) is 22.0. The Labute approximate surface area is 188 Å². The van der Waals surface area contributed by atoms with Gasteiger partial charge >= 0.3 is 0 Å². The summed E-state index contributed by atoms with van der Waals surface area (Å²) in [5.41, 5.74) is 1.45. The van der Waals surface area contributed by atoms with E-state index in [0.717, 1.165) is 55.9 Å². The van der Waals surface area contributed by atoms with Crippen LogP contribution in [0, 0.1) is 11.6 Å². The van der Waals surface area contributed by atoms with Gasteiger partial charge in [-0.15, -0.1) is 11.3 Å². The lowest BCUT2D eigenvalue weighted by atomic mass is 10.0. The molecule has 32 heavy (non-hydrogen) atoms. The van der Waals surface area contributed by atoms with Gasteiger partial charge < -0.3 is 5.32 Å². The van der Waals surface area contributed by atoms with E-state index in [1.165, 1.54) is 11.6 Å². The standard InChI is InChI=1S/C23H22F2N4O2S/c24-18-7-6-16(12-19(18)25)21(30)28-23-27-20(14-32-23)22(31)26-17-8-10-29(11-9-17)13-15-4-2-1-3-5-15/h1-7,12,14,17H,8-11,13H2,(H,26,31)(H,27,28,30). The van der Waals surface area contributed by atoms with Gasteiger partial charge in [-0.1, -0.05) is 30.3 Å². The van der Waals surface area contributed by atoms with E-state index in [1.54, 1.807) is 5.38 Å². The summed E-state index contributed by atoms with van der Waals surface area (Å²) in [5, 5.41) is 7.28. The number of amides is 2. The summed E-state index contributed by atoms with van der Waals surface area (Å²) in [7, 11) is 0. The number of anilines is 1. The fraction of sp³-hybridized carbons (Fsp3) is 0.261. The zero-order chi connectivity index (χ0) is 22.5. The zero-order valence-corrected chi connectivity index (χ0v) is 18.0. The maximum absolute atomic E-state index is 13.3. The number of rotatable bonds is 6. The van der Waals surface area contributed by atoms with Crippen LogP contribution < -0.4 is 10.6 Å². The van der Waals surface area contributed by atoms with Crippen LogP contribution in [-0.2, 0) is 6.54 Å². The van der Waals surface area contributed by atoms with Crippen molar-refractivity contribution in [3.8, 4) is 0 Å². The SMILES string of the molecule is O=C(Nc1nc(C(=O)NC2CCN(Cc3ccccc3)CC2)cs1)c1ccc(F)c(F)c1. The number of thiazole rings is 1. The Morgan fingerprint density at radius 3 is 2.50 bits per heavy atom. The number of nitrogens with zero attached hydrogens (tertiary/aromatic N) is 2. The molecule has 0 aliphatic carbocycles. The van der Waals surface area contributed by atoms with Gasteiger partial charge in [-0.25, -0.2) is 13.8 Å². The highest BCUT2D eigenvalue weighted by Gasteiger charge is 2.22. The number of nitrogens with one attached hydrogen (secondary N) is 2. The lowest BCUT2D eigenvalue weighted by Gasteiger charge is -2.32. The van der Waals surface area contributed by atoms with Crippen molar-refractivity contribution in [2.24, 2.45) is 0 Å². The summed E-state index contributed by atoms with van der Waals surface area (Å²) in [6.07, 6.45) is 1.70. The smallest absolute Gasteiger partial charge is 0.271 e. The van der Waals surface area contributed by atoms with Gasteiger partial charge in [0.2, 0.25) is 0 Å². The molecule has 1 fully saturated rings. The van der Waals surface area contributed by atoms with Crippen molar-refractivity contribution in [1.29, 1.82) is 0 Å². The van der Waals surface area contributed by atoms with Crippen LogP contribution in [0.3, 0.4) is 0 Å². The van der Waals surface area contributed by atoms with Gasteiger partial charge in [-0.2, -0.15) is 0 Å². The molecule has 0 saturated carbocycles. The predicted octanol–water partition coefficient (Wildman–Crippen LogP) is 4.07. The van der Waals surface area contributed by atoms with Gasteiger partial charge in [-0.3, -0.25) is 19.8 Å². The summed E-state index contributed by atoms with van der Waals surface area (Å²) in [6, 6.07) is 13.2. The van der Waals surface area contributed by atoms with E-state index in [1.807, 2.05) is 18.2 Å². The van der Waals surface area contributed by atoms with Crippen LogP contribution in [-0.4, -0.2) is 40.8 Å². The third-order valence-corrected chi connectivity index (χ3v) is 6.07. The molecule has 6 nitrogen and oxygen atoms in total. The molecular formula is C23H22F2N4O2S. The number of aromatic nitrogens is 1. The molecule has 0 unspecified atom stereocenters. The van der Waals surface area contributed by atoms with E-state index in [-0.39, 0.29) is 28.3 Å². The minimum Gasteiger partial charge on any atom is -0.348 e. The van der Waals surface area contributed by atoms with Crippen LogP contribution in [0.15, 0.2) is 53.9 Å². The molecule has 4 rings (SSSR count). The van der Waals surface area contributed by atoms with Crippen molar-refractivity contribution >= 4 is 28.3 Å². The first-order valence-corrected chi connectivity index (χ1v) is 11.1. The average molecular weight is 457 g/mol. The molecule has 0 radical (unpaired) electrons. The maximum atomic E-state index is 13.3. The van der Waals surface area contributed by atoms with Crippen LogP contribution in [0.5, 0.6) is 0 Å². The highest BCUT2D eigenvalue weighted by Crippen LogP contribution is 2.19. The first-order valence-electron chi connectivity index (χ1n) is 10.3. The molecule has 2 aromatic carbocycles. The van der Waals surface area contributed by atoms with E-state index < -0.39 is 17.5 Å². The molecule has 0 spiro atoms. The molecular weight excluding hydrogens is 434 g/mol. The van der Waals surface area contributed by atoms with Crippen LogP contribution in [0.4, 0.5) is 13.9 Å². The number of carbonyl (C=O) groups is 2. The van der Waals surface area contributed by atoms with Gasteiger partial charge in [0.1, 0.15) is 5.69 Å². The minimum atomic E-state index is -1.10. The molecule has 0 atom stereocenters. The summed E-state index contributed by atoms with van der Waals surface area (Å²) in [5.74, 6) is -3.06. The van der Waals surface area contributed by atoms with E-state index in [2.05, 4.69) is 32.7 Å². The van der Waals surface area contributed by atoms with Crippen molar-refractivity contribution in [3.63, 3.8) is 0 Å². The maximum Gasteiger partial charge on any atom is 0.271 e. The van der Waals surface area contributed by atoms with Gasteiger partial charge in [0, 0.05) is 36.6 Å². The van der Waals surface area contributed by atoms with Crippen LogP contribution in [0.1, 0.15) is 39.3 Å². The van der Waals surface area contributed by atoms with E-state index >= 15 is 0 Å². The second-order valence-corrected chi connectivity index (χ2v) is 8.49. The number of halogens is 2. The Balaban J connectivity index is 1.27. The lowest BCUT2D eigenvalue weighted by Crippen LogP contribution is -2.44. The Bertz CT molecular complexity index is 1100. The van der Waals surface area contributed by atoms with E-state index in [0.29, 0.717) is 0 Å². The van der Waals surface area contributed by atoms with Crippen LogP contribution in [0.2, 0.25) is 0 Å². The molecule has 1 aromatic heterocycles. The fourth-order valence-corrected chi connectivity index (χ4v) is 4.26. The summed E-state index contributed by atoms with van der Waals surface area (Å²) in [4.78, 5) is 31.3. The highest BCUT2D eigenvalue weighted by molar-refractivity contribution is 7.14. The number of piperidine rings is 1. The summed E-state index contributed by atoms with van der Waals surface area (Å²) >= 11 is 1.09. The number of hydrogen-bond donors (Lipinski definition) is 2. The number of hydrogen-bond acceptors (Lipinski definition) is 5. The lowest BCUT2D eigenvalue weighted by molar-refractivity contribution is 0.0903. The number of carbonyl (C=O) groups excluding carboxylic acids is 2. The minimum absolute atomic E-state index is 0.0348. The molecule has 3 aromatic rings. The second kappa shape index (κ2) is 9.97. The van der Waals surface area contributed by atoms with Crippen molar-refractivity contribution in [1.82, 2.24) is 15.2 Å². The molecule has 166 valence electrons. The Hall–Kier alpha value is -3.17. The number of benzene rings is 2. The van der Waals surface area contributed by atoms with E-state index in [4.69, 9.17) is 0 Å².